The molecule has 0 saturated carbocycles. The number of carbonyl (C=O) groups excluding carboxylic acids is 1. The second kappa shape index (κ2) is 6.02. The number of hydrogen-bond acceptors (Lipinski definition) is 3. The molecule has 19 heavy (non-hydrogen) atoms. The average Bonchev–Trinajstić information content (AvgIpc) is 2.24. The van der Waals surface area contributed by atoms with E-state index in [1.165, 1.54) is 12.1 Å². The van der Waals surface area contributed by atoms with Crippen LogP contribution < -0.4 is 16.0 Å². The van der Waals surface area contributed by atoms with E-state index in [4.69, 9.17) is 5.73 Å². The number of nitrogens with zero attached hydrogens (tertiary/aromatic N) is 1. The molecule has 106 valence electrons. The molecule has 0 unspecified atom stereocenters. The van der Waals surface area contributed by atoms with Gasteiger partial charge >= 0.3 is 0 Å². The molecule has 0 aliphatic rings. The van der Waals surface area contributed by atoms with E-state index < -0.39 is 5.91 Å². The van der Waals surface area contributed by atoms with Gasteiger partial charge in [-0.2, -0.15) is 0 Å². The number of nitrogens with two attached hydrogens (primary N) is 1. The van der Waals surface area contributed by atoms with Crippen LogP contribution in [0.1, 0.15) is 26.3 Å². The van der Waals surface area contributed by atoms with Gasteiger partial charge in [-0.15, -0.1) is 0 Å². The number of likely N-dealkylation sites (N-methyl/N-ethyl adjacent to an activating group) is 1. The number of carbonyl (C=O) groups is 1. The van der Waals surface area contributed by atoms with Crippen molar-refractivity contribution in [3.63, 3.8) is 0 Å². The first-order valence-corrected chi connectivity index (χ1v) is 6.22. The van der Waals surface area contributed by atoms with Gasteiger partial charge in [-0.3, -0.25) is 4.79 Å². The number of nitrogens with one attached hydrogen (secondary N) is 1. The topological polar surface area (TPSA) is 58.4 Å². The smallest absolute Gasteiger partial charge is 0.236 e. The minimum Gasteiger partial charge on any atom is -0.368 e. The fraction of sp³-hybridized carbons (Fsp3) is 0.500. The Bertz CT molecular complexity index is 454. The third-order valence-corrected chi connectivity index (χ3v) is 2.65. The van der Waals surface area contributed by atoms with Gasteiger partial charge < -0.3 is 16.0 Å². The van der Waals surface area contributed by atoms with Gasteiger partial charge in [0.15, 0.2) is 0 Å². The van der Waals surface area contributed by atoms with Crippen molar-refractivity contribution in [2.45, 2.75) is 32.9 Å². The molecule has 0 radical (unpaired) electrons. The summed E-state index contributed by atoms with van der Waals surface area (Å²) >= 11 is 0. The normalized spacial score (nSPS) is 11.4. The third-order valence-electron chi connectivity index (χ3n) is 2.65. The fourth-order valence-corrected chi connectivity index (χ4v) is 1.75. The number of benzene rings is 1. The highest BCUT2D eigenvalue weighted by atomic mass is 19.1. The first kappa shape index (κ1) is 15.4. The third kappa shape index (κ3) is 5.26. The van der Waals surface area contributed by atoms with Crippen LogP contribution in [0.15, 0.2) is 18.2 Å². The Kier molecular flexibility index (Phi) is 4.89. The molecule has 0 bridgehead atoms. The van der Waals surface area contributed by atoms with Crippen LogP contribution >= 0.6 is 0 Å². The van der Waals surface area contributed by atoms with Crippen molar-refractivity contribution in [1.82, 2.24) is 5.32 Å². The average molecular weight is 267 g/mol. The van der Waals surface area contributed by atoms with E-state index in [0.29, 0.717) is 6.54 Å². The van der Waals surface area contributed by atoms with Crippen LogP contribution in [0.25, 0.3) is 0 Å². The molecular formula is C14H22FN3O. The van der Waals surface area contributed by atoms with Crippen LogP contribution in [-0.4, -0.2) is 25.0 Å². The highest BCUT2D eigenvalue weighted by molar-refractivity contribution is 5.79. The number of hydrogen-bond donors (Lipinski definition) is 2. The first-order valence-electron chi connectivity index (χ1n) is 6.22. The zero-order valence-electron chi connectivity index (χ0n) is 12.0. The van der Waals surface area contributed by atoms with Gasteiger partial charge in [-0.05, 0) is 44.5 Å². The molecule has 1 aromatic carbocycles. The lowest BCUT2D eigenvalue weighted by Gasteiger charge is -2.25. The summed E-state index contributed by atoms with van der Waals surface area (Å²) in [5.74, 6) is -0.705. The molecule has 4 nitrogen and oxygen atoms in total. The molecule has 0 atom stereocenters. The van der Waals surface area contributed by atoms with Crippen molar-refractivity contribution < 1.29 is 9.18 Å². The van der Waals surface area contributed by atoms with Crippen molar-refractivity contribution in [2.75, 3.05) is 18.5 Å². The second-order valence-electron chi connectivity index (χ2n) is 5.70. The summed E-state index contributed by atoms with van der Waals surface area (Å²) < 4.78 is 13.4. The minimum absolute atomic E-state index is 0.0636. The Hall–Kier alpha value is -1.62. The maximum absolute atomic E-state index is 13.4. The molecule has 1 amide bonds. The van der Waals surface area contributed by atoms with Crippen molar-refractivity contribution in [2.24, 2.45) is 5.73 Å². The monoisotopic (exact) mass is 267 g/mol. The van der Waals surface area contributed by atoms with E-state index in [1.807, 2.05) is 20.8 Å². The molecule has 0 aliphatic carbocycles. The van der Waals surface area contributed by atoms with Crippen molar-refractivity contribution in [1.29, 1.82) is 0 Å². The van der Waals surface area contributed by atoms with Gasteiger partial charge in [0.2, 0.25) is 5.91 Å². The lowest BCUT2D eigenvalue weighted by molar-refractivity contribution is -0.116. The van der Waals surface area contributed by atoms with Crippen LogP contribution in [0.5, 0.6) is 0 Å². The number of halogens is 1. The van der Waals surface area contributed by atoms with Gasteiger partial charge in [0.05, 0.1) is 6.54 Å². The Morgan fingerprint density at radius 2 is 2.05 bits per heavy atom. The molecule has 0 saturated heterocycles. The molecule has 0 aliphatic heterocycles. The summed E-state index contributed by atoms with van der Waals surface area (Å²) in [5.41, 5.74) is 6.73. The van der Waals surface area contributed by atoms with E-state index in [9.17, 15) is 9.18 Å². The van der Waals surface area contributed by atoms with Gasteiger partial charge in [0, 0.05) is 24.8 Å². The summed E-state index contributed by atoms with van der Waals surface area (Å²) in [7, 11) is 1.76. The second-order valence-corrected chi connectivity index (χ2v) is 5.70. The number of anilines is 1. The van der Waals surface area contributed by atoms with Gasteiger partial charge in [0.25, 0.3) is 0 Å². The van der Waals surface area contributed by atoms with E-state index in [-0.39, 0.29) is 17.9 Å². The van der Waals surface area contributed by atoms with Crippen molar-refractivity contribution >= 4 is 11.6 Å². The van der Waals surface area contributed by atoms with E-state index in [1.54, 1.807) is 18.0 Å². The summed E-state index contributed by atoms with van der Waals surface area (Å²) in [5, 5.41) is 3.30. The molecule has 0 spiro atoms. The number of rotatable bonds is 5. The molecule has 0 aromatic heterocycles. The fourth-order valence-electron chi connectivity index (χ4n) is 1.75. The maximum atomic E-state index is 13.4. The van der Waals surface area contributed by atoms with Gasteiger partial charge in [0.1, 0.15) is 5.82 Å². The largest absolute Gasteiger partial charge is 0.368 e. The molecule has 1 rings (SSSR count). The summed E-state index contributed by atoms with van der Waals surface area (Å²) in [6.07, 6.45) is 0. The SMILES string of the molecule is CN(CC(N)=O)c1ccc(F)cc1CNC(C)(C)C. The van der Waals surface area contributed by atoms with Gasteiger partial charge in [-0.25, -0.2) is 4.39 Å². The highest BCUT2D eigenvalue weighted by Gasteiger charge is 2.14. The Morgan fingerprint density at radius 3 is 2.58 bits per heavy atom. The Labute approximate surface area is 113 Å². The predicted octanol–water partition coefficient (Wildman–Crippen LogP) is 1.64. The summed E-state index contributed by atoms with van der Waals surface area (Å²) in [4.78, 5) is 12.7. The van der Waals surface area contributed by atoms with Gasteiger partial charge in [-0.1, -0.05) is 0 Å². The number of primary amides is 1. The van der Waals surface area contributed by atoms with E-state index >= 15 is 0 Å². The predicted molar refractivity (Wildman–Crippen MR) is 75.5 cm³/mol. The molecule has 0 fully saturated rings. The van der Waals surface area contributed by atoms with E-state index in [2.05, 4.69) is 5.32 Å². The van der Waals surface area contributed by atoms with E-state index in [0.717, 1.165) is 11.3 Å². The van der Waals surface area contributed by atoms with Crippen molar-refractivity contribution in [3.8, 4) is 0 Å². The minimum atomic E-state index is -0.415. The lowest BCUT2D eigenvalue weighted by atomic mass is 10.1. The summed E-state index contributed by atoms with van der Waals surface area (Å²) in [6, 6.07) is 4.52. The van der Waals surface area contributed by atoms with Crippen LogP contribution in [0.2, 0.25) is 0 Å². The highest BCUT2D eigenvalue weighted by Crippen LogP contribution is 2.21. The lowest BCUT2D eigenvalue weighted by Crippen LogP contribution is -2.36. The molecule has 5 heteroatoms. The first-order chi connectivity index (χ1) is 8.69. The quantitative estimate of drug-likeness (QED) is 0.852. The Morgan fingerprint density at radius 1 is 1.42 bits per heavy atom. The van der Waals surface area contributed by atoms with Crippen LogP contribution in [0.3, 0.4) is 0 Å². The molecule has 1 aromatic rings. The molecule has 0 heterocycles. The van der Waals surface area contributed by atoms with Crippen LogP contribution in [-0.2, 0) is 11.3 Å². The maximum Gasteiger partial charge on any atom is 0.236 e. The number of amides is 1. The molecule has 3 N–H and O–H groups in total. The summed E-state index contributed by atoms with van der Waals surface area (Å²) in [6.45, 7) is 6.76. The molecular weight excluding hydrogens is 245 g/mol. The van der Waals surface area contributed by atoms with Crippen LogP contribution in [0, 0.1) is 5.82 Å². The van der Waals surface area contributed by atoms with Crippen LogP contribution in [0.4, 0.5) is 10.1 Å². The zero-order chi connectivity index (χ0) is 14.6. The zero-order valence-corrected chi connectivity index (χ0v) is 12.0. The van der Waals surface area contributed by atoms with Crippen molar-refractivity contribution in [3.05, 3.63) is 29.6 Å². The standard InChI is InChI=1S/C14H22FN3O/c1-14(2,3)17-8-10-7-11(15)5-6-12(10)18(4)9-13(16)19/h5-7,17H,8-9H2,1-4H3,(H2,16,19). The Balaban J connectivity index is 2.94.